The minimum atomic E-state index is -0.0947. The number of hydrogen-bond acceptors (Lipinski definition) is 7. The van der Waals surface area contributed by atoms with Crippen molar-refractivity contribution in [3.63, 3.8) is 0 Å². The van der Waals surface area contributed by atoms with Gasteiger partial charge < -0.3 is 19.7 Å². The fourth-order valence-corrected chi connectivity index (χ4v) is 5.18. The number of rotatable bonds is 7. The number of hydrogen-bond donors (Lipinski definition) is 1. The van der Waals surface area contributed by atoms with Crippen LogP contribution in [0.25, 0.3) is 5.13 Å². The van der Waals surface area contributed by atoms with Crippen molar-refractivity contribution in [1.29, 1.82) is 0 Å². The molecule has 0 unspecified atom stereocenters. The SMILES string of the molecule is COc1cccc(CNC(=O)[C@H]2CCCN(c3nnc(-n4c(C)ccc4C)s3)C2)c1OC. The first-order valence-electron chi connectivity index (χ1n) is 10.7. The van der Waals surface area contributed by atoms with E-state index in [0.29, 0.717) is 24.6 Å². The molecule has 8 nitrogen and oxygen atoms in total. The maximum absolute atomic E-state index is 12.9. The van der Waals surface area contributed by atoms with E-state index in [2.05, 4.69) is 51.0 Å². The third kappa shape index (κ3) is 4.43. The van der Waals surface area contributed by atoms with Gasteiger partial charge in [-0.3, -0.25) is 9.36 Å². The number of amides is 1. The summed E-state index contributed by atoms with van der Waals surface area (Å²) in [6.07, 6.45) is 1.80. The number of carbonyl (C=O) groups is 1. The van der Waals surface area contributed by atoms with E-state index in [1.165, 1.54) is 0 Å². The van der Waals surface area contributed by atoms with Crippen LogP contribution >= 0.6 is 11.3 Å². The summed E-state index contributed by atoms with van der Waals surface area (Å²) in [6.45, 7) is 6.04. The molecule has 1 aliphatic rings. The van der Waals surface area contributed by atoms with Crippen LogP contribution in [0.2, 0.25) is 0 Å². The van der Waals surface area contributed by atoms with Gasteiger partial charge in [0.25, 0.3) is 0 Å². The standard InChI is InChI=1S/C23H29N5O3S/c1-15-10-11-16(2)28(15)23-26-25-22(32-23)27-12-6-8-18(14-27)21(29)24-13-17-7-5-9-19(30-3)20(17)31-4/h5,7,9-11,18H,6,8,12-14H2,1-4H3,(H,24,29)/t18-/m0/s1. The minimum absolute atomic E-state index is 0.0430. The lowest BCUT2D eigenvalue weighted by Crippen LogP contribution is -2.43. The lowest BCUT2D eigenvalue weighted by atomic mass is 9.97. The lowest BCUT2D eigenvalue weighted by molar-refractivity contribution is -0.125. The summed E-state index contributed by atoms with van der Waals surface area (Å²) in [4.78, 5) is 15.1. The van der Waals surface area contributed by atoms with E-state index >= 15 is 0 Å². The fraction of sp³-hybridized carbons (Fsp3) is 0.435. The highest BCUT2D eigenvalue weighted by Crippen LogP contribution is 2.31. The molecule has 0 radical (unpaired) electrons. The second kappa shape index (κ2) is 9.60. The number of nitrogens with zero attached hydrogens (tertiary/aromatic N) is 4. The summed E-state index contributed by atoms with van der Waals surface area (Å²) >= 11 is 1.56. The van der Waals surface area contributed by atoms with Crippen molar-refractivity contribution in [2.45, 2.75) is 33.2 Å². The van der Waals surface area contributed by atoms with Crippen molar-refractivity contribution in [3.8, 4) is 16.6 Å². The number of benzene rings is 1. The normalized spacial score (nSPS) is 16.1. The Hall–Kier alpha value is -3.07. The van der Waals surface area contributed by atoms with Crippen LogP contribution in [0, 0.1) is 19.8 Å². The predicted octanol–water partition coefficient (Wildman–Crippen LogP) is 3.50. The number of ether oxygens (including phenoxy) is 2. The number of para-hydroxylation sites is 1. The van der Waals surface area contributed by atoms with Gasteiger partial charge in [-0.25, -0.2) is 0 Å². The molecule has 3 aromatic rings. The Bertz CT molecular complexity index is 1070. The quantitative estimate of drug-likeness (QED) is 0.587. The number of methoxy groups -OCH3 is 2. The topological polar surface area (TPSA) is 81.5 Å². The molecule has 3 heterocycles. The van der Waals surface area contributed by atoms with Gasteiger partial charge in [0.15, 0.2) is 11.5 Å². The van der Waals surface area contributed by atoms with Gasteiger partial charge >= 0.3 is 0 Å². The zero-order valence-corrected chi connectivity index (χ0v) is 19.7. The number of aryl methyl sites for hydroxylation is 2. The molecule has 0 bridgehead atoms. The molecule has 32 heavy (non-hydrogen) atoms. The average Bonchev–Trinajstić information content (AvgIpc) is 3.43. The van der Waals surface area contributed by atoms with E-state index in [4.69, 9.17) is 9.47 Å². The van der Waals surface area contributed by atoms with E-state index in [-0.39, 0.29) is 11.8 Å². The highest BCUT2D eigenvalue weighted by atomic mass is 32.1. The maximum Gasteiger partial charge on any atom is 0.225 e. The Morgan fingerprint density at radius 2 is 1.88 bits per heavy atom. The summed E-state index contributed by atoms with van der Waals surface area (Å²) in [7, 11) is 3.21. The van der Waals surface area contributed by atoms with E-state index in [0.717, 1.165) is 46.6 Å². The van der Waals surface area contributed by atoms with Crippen LogP contribution in [0.1, 0.15) is 29.8 Å². The molecule has 0 saturated carbocycles. The summed E-state index contributed by atoms with van der Waals surface area (Å²) in [5.74, 6) is 1.25. The molecule has 1 aliphatic heterocycles. The molecule has 0 spiro atoms. The summed E-state index contributed by atoms with van der Waals surface area (Å²) < 4.78 is 12.9. The monoisotopic (exact) mass is 455 g/mol. The highest BCUT2D eigenvalue weighted by Gasteiger charge is 2.28. The smallest absolute Gasteiger partial charge is 0.225 e. The summed E-state index contributed by atoms with van der Waals surface area (Å²) in [5.41, 5.74) is 3.15. The van der Waals surface area contributed by atoms with Crippen molar-refractivity contribution >= 4 is 22.4 Å². The molecule has 4 rings (SSSR count). The van der Waals surface area contributed by atoms with Crippen LogP contribution in [0.4, 0.5) is 5.13 Å². The first kappa shape index (κ1) is 22.1. The Labute approximate surface area is 192 Å². The van der Waals surface area contributed by atoms with Crippen LogP contribution in [0.15, 0.2) is 30.3 Å². The van der Waals surface area contributed by atoms with Gasteiger partial charge in [-0.2, -0.15) is 0 Å². The van der Waals surface area contributed by atoms with Crippen molar-refractivity contribution in [1.82, 2.24) is 20.1 Å². The van der Waals surface area contributed by atoms with Crippen molar-refractivity contribution in [2.75, 3.05) is 32.2 Å². The van der Waals surface area contributed by atoms with Crippen LogP contribution in [-0.4, -0.2) is 48.0 Å². The molecule has 1 amide bonds. The van der Waals surface area contributed by atoms with E-state index in [9.17, 15) is 4.79 Å². The number of nitrogens with one attached hydrogen (secondary N) is 1. The lowest BCUT2D eigenvalue weighted by Gasteiger charge is -2.31. The van der Waals surface area contributed by atoms with Gasteiger partial charge in [0, 0.05) is 36.6 Å². The molecule has 1 N–H and O–H groups in total. The number of aromatic nitrogens is 3. The average molecular weight is 456 g/mol. The number of piperidine rings is 1. The Kier molecular flexibility index (Phi) is 6.64. The van der Waals surface area contributed by atoms with Gasteiger partial charge in [-0.15, -0.1) is 10.2 Å². The Balaban J connectivity index is 1.41. The Morgan fingerprint density at radius 3 is 2.59 bits per heavy atom. The van der Waals surface area contributed by atoms with E-state index in [1.54, 1.807) is 25.6 Å². The third-order valence-corrected chi connectivity index (χ3v) is 6.84. The molecule has 1 aromatic carbocycles. The molecule has 9 heteroatoms. The minimum Gasteiger partial charge on any atom is -0.493 e. The number of carbonyl (C=O) groups excluding carboxylic acids is 1. The number of anilines is 1. The van der Waals surface area contributed by atoms with Gasteiger partial charge in [-0.05, 0) is 44.9 Å². The zero-order chi connectivity index (χ0) is 22.7. The van der Waals surface area contributed by atoms with Crippen molar-refractivity contribution in [2.24, 2.45) is 5.92 Å². The van der Waals surface area contributed by atoms with E-state index in [1.807, 2.05) is 18.2 Å². The second-order valence-electron chi connectivity index (χ2n) is 7.97. The largest absolute Gasteiger partial charge is 0.493 e. The first-order valence-corrected chi connectivity index (χ1v) is 11.5. The summed E-state index contributed by atoms with van der Waals surface area (Å²) in [5, 5.41) is 13.6. The van der Waals surface area contributed by atoms with Crippen LogP contribution < -0.4 is 19.7 Å². The van der Waals surface area contributed by atoms with Gasteiger partial charge in [0.2, 0.25) is 16.2 Å². The van der Waals surface area contributed by atoms with Crippen LogP contribution in [0.5, 0.6) is 11.5 Å². The van der Waals surface area contributed by atoms with Crippen molar-refractivity contribution < 1.29 is 14.3 Å². The van der Waals surface area contributed by atoms with Crippen LogP contribution in [0.3, 0.4) is 0 Å². The molecular weight excluding hydrogens is 426 g/mol. The van der Waals surface area contributed by atoms with Gasteiger partial charge in [0.1, 0.15) is 0 Å². The second-order valence-corrected chi connectivity index (χ2v) is 8.91. The molecule has 1 atom stereocenters. The van der Waals surface area contributed by atoms with Crippen LogP contribution in [-0.2, 0) is 11.3 Å². The fourth-order valence-electron chi connectivity index (χ4n) is 4.18. The molecule has 170 valence electrons. The highest BCUT2D eigenvalue weighted by molar-refractivity contribution is 7.17. The molecule has 1 fully saturated rings. The molecular formula is C23H29N5O3S. The maximum atomic E-state index is 12.9. The molecule has 1 saturated heterocycles. The molecule has 2 aromatic heterocycles. The predicted molar refractivity (Wildman–Crippen MR) is 125 cm³/mol. The summed E-state index contributed by atoms with van der Waals surface area (Å²) in [6, 6.07) is 9.83. The van der Waals surface area contributed by atoms with Gasteiger partial charge in [0.05, 0.1) is 20.1 Å². The van der Waals surface area contributed by atoms with E-state index < -0.39 is 0 Å². The Morgan fingerprint density at radius 1 is 1.12 bits per heavy atom. The zero-order valence-electron chi connectivity index (χ0n) is 18.9. The first-order chi connectivity index (χ1) is 15.5. The van der Waals surface area contributed by atoms with Crippen molar-refractivity contribution in [3.05, 3.63) is 47.3 Å². The molecule has 0 aliphatic carbocycles. The third-order valence-electron chi connectivity index (χ3n) is 5.87. The van der Waals surface area contributed by atoms with Gasteiger partial charge in [-0.1, -0.05) is 23.5 Å².